The van der Waals surface area contributed by atoms with Crippen molar-refractivity contribution in [3.05, 3.63) is 66.1 Å². The Hall–Kier alpha value is -3.15. The van der Waals surface area contributed by atoms with Crippen LogP contribution in [0.25, 0.3) is 11.4 Å². The molecular weight excluding hydrogens is 308 g/mol. The molecule has 0 aliphatic rings. The van der Waals surface area contributed by atoms with E-state index in [1.807, 2.05) is 48.5 Å². The van der Waals surface area contributed by atoms with E-state index in [0.717, 1.165) is 5.56 Å². The summed E-state index contributed by atoms with van der Waals surface area (Å²) < 4.78 is 15.5. The van der Waals surface area contributed by atoms with Gasteiger partial charge in [-0.25, -0.2) is 4.79 Å². The van der Waals surface area contributed by atoms with Crippen LogP contribution in [0.5, 0.6) is 5.75 Å². The van der Waals surface area contributed by atoms with Gasteiger partial charge in [0.15, 0.2) is 0 Å². The molecule has 0 unspecified atom stereocenters. The minimum atomic E-state index is -0.632. The Morgan fingerprint density at radius 1 is 1.12 bits per heavy atom. The van der Waals surface area contributed by atoms with Gasteiger partial charge in [-0.2, -0.15) is 4.98 Å². The number of carbonyl (C=O) groups excluding carboxylic acids is 1. The summed E-state index contributed by atoms with van der Waals surface area (Å²) in [6.45, 7) is 2.42. The first-order valence-electron chi connectivity index (χ1n) is 7.54. The van der Waals surface area contributed by atoms with Crippen LogP contribution in [0.3, 0.4) is 0 Å². The van der Waals surface area contributed by atoms with Gasteiger partial charge in [-0.1, -0.05) is 47.6 Å². The Kier molecular flexibility index (Phi) is 4.86. The molecule has 3 aromatic rings. The summed E-state index contributed by atoms with van der Waals surface area (Å²) in [5.41, 5.74) is 1.77. The number of nitrogens with zero attached hydrogens (tertiary/aromatic N) is 2. The summed E-state index contributed by atoms with van der Waals surface area (Å²) in [6, 6.07) is 17.2. The van der Waals surface area contributed by atoms with Gasteiger partial charge in [-0.3, -0.25) is 0 Å². The van der Waals surface area contributed by atoms with Crippen LogP contribution >= 0.6 is 0 Å². The molecule has 0 N–H and O–H groups in total. The van der Waals surface area contributed by atoms with E-state index in [4.69, 9.17) is 14.0 Å². The molecule has 0 fully saturated rings. The van der Waals surface area contributed by atoms with Crippen LogP contribution in [0, 0.1) is 0 Å². The largest absolute Gasteiger partial charge is 0.489 e. The molecule has 0 spiro atoms. The van der Waals surface area contributed by atoms with Gasteiger partial charge in [0, 0.05) is 5.56 Å². The number of esters is 1. The second-order valence-electron chi connectivity index (χ2n) is 4.95. The molecular formula is C18H16N2O4. The van der Waals surface area contributed by atoms with Gasteiger partial charge >= 0.3 is 11.9 Å². The fourth-order valence-corrected chi connectivity index (χ4v) is 2.08. The number of rotatable bonds is 6. The lowest BCUT2D eigenvalue weighted by Gasteiger charge is -2.06. The number of carbonyl (C=O) groups is 1. The van der Waals surface area contributed by atoms with Crippen LogP contribution in [-0.4, -0.2) is 22.7 Å². The maximum absolute atomic E-state index is 11.6. The molecule has 3 rings (SSSR count). The smallest absolute Gasteiger partial charge is 0.397 e. The highest BCUT2D eigenvalue weighted by Crippen LogP contribution is 2.22. The summed E-state index contributed by atoms with van der Waals surface area (Å²) in [7, 11) is 0. The molecule has 2 aromatic carbocycles. The lowest BCUT2D eigenvalue weighted by molar-refractivity contribution is 0.0470. The second-order valence-corrected chi connectivity index (χ2v) is 4.95. The number of ether oxygens (including phenoxy) is 2. The van der Waals surface area contributed by atoms with E-state index in [1.165, 1.54) is 0 Å². The van der Waals surface area contributed by atoms with Crippen LogP contribution in [-0.2, 0) is 11.3 Å². The van der Waals surface area contributed by atoms with E-state index in [-0.39, 0.29) is 12.5 Å². The SMILES string of the molecule is CCOC(=O)c1nc(-c2cccc(OCc3ccccc3)c2)no1. The van der Waals surface area contributed by atoms with Crippen molar-refractivity contribution in [3.8, 4) is 17.1 Å². The Morgan fingerprint density at radius 3 is 2.75 bits per heavy atom. The lowest BCUT2D eigenvalue weighted by atomic mass is 10.2. The highest BCUT2D eigenvalue weighted by molar-refractivity contribution is 5.84. The normalized spacial score (nSPS) is 10.4. The van der Waals surface area contributed by atoms with Crippen LogP contribution < -0.4 is 4.74 Å². The maximum atomic E-state index is 11.6. The zero-order valence-electron chi connectivity index (χ0n) is 13.1. The van der Waals surface area contributed by atoms with Crippen molar-refractivity contribution < 1.29 is 18.8 Å². The minimum Gasteiger partial charge on any atom is -0.489 e. The molecule has 1 aromatic heterocycles. The van der Waals surface area contributed by atoms with E-state index in [2.05, 4.69) is 10.1 Å². The molecule has 1 heterocycles. The van der Waals surface area contributed by atoms with Gasteiger partial charge in [-0.15, -0.1) is 0 Å². The fraction of sp³-hybridized carbons (Fsp3) is 0.167. The zero-order valence-corrected chi connectivity index (χ0v) is 13.1. The second kappa shape index (κ2) is 7.41. The van der Waals surface area contributed by atoms with E-state index in [1.54, 1.807) is 13.0 Å². The van der Waals surface area contributed by atoms with Gasteiger partial charge in [-0.05, 0) is 24.6 Å². The Labute approximate surface area is 139 Å². The minimum absolute atomic E-state index is 0.164. The average Bonchev–Trinajstić information content (AvgIpc) is 3.12. The fourth-order valence-electron chi connectivity index (χ4n) is 2.08. The number of hydrogen-bond acceptors (Lipinski definition) is 6. The summed E-state index contributed by atoms with van der Waals surface area (Å²) in [6.07, 6.45) is 0. The highest BCUT2D eigenvalue weighted by Gasteiger charge is 2.17. The van der Waals surface area contributed by atoms with Gasteiger partial charge in [0.2, 0.25) is 5.82 Å². The summed E-state index contributed by atoms with van der Waals surface area (Å²) >= 11 is 0. The third-order valence-corrected chi connectivity index (χ3v) is 3.22. The van der Waals surface area contributed by atoms with E-state index in [0.29, 0.717) is 23.7 Å². The van der Waals surface area contributed by atoms with Crippen LogP contribution in [0.1, 0.15) is 23.2 Å². The molecule has 0 saturated heterocycles. The quantitative estimate of drug-likeness (QED) is 0.646. The standard InChI is InChI=1S/C18H16N2O4/c1-2-22-18(21)17-19-16(20-24-17)14-9-6-10-15(11-14)23-12-13-7-4-3-5-8-13/h3-11H,2,12H2,1H3. The van der Waals surface area contributed by atoms with Crippen molar-refractivity contribution in [1.29, 1.82) is 0 Å². The van der Waals surface area contributed by atoms with Crippen molar-refractivity contribution in [2.24, 2.45) is 0 Å². The Bertz CT molecular complexity index is 815. The first kappa shape index (κ1) is 15.7. The molecule has 0 atom stereocenters. The predicted molar refractivity (Wildman–Crippen MR) is 86.5 cm³/mol. The first-order chi connectivity index (χ1) is 11.8. The summed E-state index contributed by atoms with van der Waals surface area (Å²) in [5.74, 6) is 0.192. The molecule has 24 heavy (non-hydrogen) atoms. The van der Waals surface area contributed by atoms with Crippen LogP contribution in [0.15, 0.2) is 59.1 Å². The van der Waals surface area contributed by atoms with Crippen molar-refractivity contribution >= 4 is 5.97 Å². The van der Waals surface area contributed by atoms with Gasteiger partial charge < -0.3 is 14.0 Å². The number of benzene rings is 2. The Balaban J connectivity index is 1.72. The van der Waals surface area contributed by atoms with Crippen LogP contribution in [0.4, 0.5) is 0 Å². The van der Waals surface area contributed by atoms with Crippen molar-refractivity contribution in [3.63, 3.8) is 0 Å². The molecule has 0 aliphatic carbocycles. The number of hydrogen-bond donors (Lipinski definition) is 0. The topological polar surface area (TPSA) is 74.5 Å². The number of aromatic nitrogens is 2. The molecule has 0 saturated carbocycles. The van der Waals surface area contributed by atoms with E-state index >= 15 is 0 Å². The van der Waals surface area contributed by atoms with Gasteiger partial charge in [0.05, 0.1) is 6.61 Å². The van der Waals surface area contributed by atoms with Gasteiger partial charge in [0.1, 0.15) is 12.4 Å². The van der Waals surface area contributed by atoms with Crippen molar-refractivity contribution in [1.82, 2.24) is 10.1 Å². The summed E-state index contributed by atoms with van der Waals surface area (Å²) in [4.78, 5) is 15.6. The lowest BCUT2D eigenvalue weighted by Crippen LogP contribution is -2.04. The predicted octanol–water partition coefficient (Wildman–Crippen LogP) is 3.49. The Morgan fingerprint density at radius 2 is 1.96 bits per heavy atom. The maximum Gasteiger partial charge on any atom is 0.397 e. The van der Waals surface area contributed by atoms with Crippen molar-refractivity contribution in [2.75, 3.05) is 6.61 Å². The molecule has 0 aliphatic heterocycles. The van der Waals surface area contributed by atoms with E-state index in [9.17, 15) is 4.79 Å². The van der Waals surface area contributed by atoms with Gasteiger partial charge in [0.25, 0.3) is 0 Å². The highest BCUT2D eigenvalue weighted by atomic mass is 16.6. The molecule has 6 nitrogen and oxygen atoms in total. The van der Waals surface area contributed by atoms with Crippen LogP contribution in [0.2, 0.25) is 0 Å². The zero-order chi connectivity index (χ0) is 16.8. The van der Waals surface area contributed by atoms with E-state index < -0.39 is 5.97 Å². The molecule has 0 amide bonds. The first-order valence-corrected chi connectivity index (χ1v) is 7.54. The molecule has 0 bridgehead atoms. The molecule has 6 heteroatoms. The monoisotopic (exact) mass is 324 g/mol. The summed E-state index contributed by atoms with van der Waals surface area (Å²) in [5, 5.41) is 3.81. The molecule has 0 radical (unpaired) electrons. The average molecular weight is 324 g/mol. The molecule has 122 valence electrons. The third-order valence-electron chi connectivity index (χ3n) is 3.22. The van der Waals surface area contributed by atoms with Crippen molar-refractivity contribution in [2.45, 2.75) is 13.5 Å². The third kappa shape index (κ3) is 3.78.